The van der Waals surface area contributed by atoms with Crippen LogP contribution in [0.1, 0.15) is 39.8 Å². The molecule has 1 unspecified atom stereocenters. The average molecular weight is 905 g/mol. The van der Waals surface area contributed by atoms with Crippen LogP contribution in [-0.2, 0) is 6.42 Å². The van der Waals surface area contributed by atoms with Gasteiger partial charge in [0.25, 0.3) is 0 Å². The Morgan fingerprint density at radius 1 is 0.437 bits per heavy atom. The number of pyridine rings is 1. The van der Waals surface area contributed by atoms with E-state index in [1.54, 1.807) is 0 Å². The zero-order valence-corrected chi connectivity index (χ0v) is 39.2. The molecule has 2 heteroatoms. The van der Waals surface area contributed by atoms with E-state index in [1.165, 1.54) is 71.0 Å². The van der Waals surface area contributed by atoms with E-state index in [2.05, 4.69) is 261 Å². The molecule has 0 saturated carbocycles. The van der Waals surface area contributed by atoms with Crippen LogP contribution in [-0.4, -0.2) is 10.7 Å². The van der Waals surface area contributed by atoms with Crippen molar-refractivity contribution in [2.24, 2.45) is 10.9 Å². The Labute approximate surface area is 414 Å². The molecule has 13 rings (SSSR count). The summed E-state index contributed by atoms with van der Waals surface area (Å²) in [5, 5.41) is 7.57. The lowest BCUT2D eigenvalue weighted by atomic mass is 9.86. The maximum Gasteiger partial charge on any atom is 0.0753 e. The predicted molar refractivity (Wildman–Crippen MR) is 300 cm³/mol. The molecule has 334 valence electrons. The van der Waals surface area contributed by atoms with Crippen molar-refractivity contribution in [3.05, 3.63) is 293 Å². The normalized spacial score (nSPS) is 15.0. The molecule has 0 N–H and O–H groups in total. The van der Waals surface area contributed by atoms with Crippen LogP contribution in [0, 0.1) is 5.92 Å². The molecule has 9 aromatic carbocycles. The molecule has 2 aliphatic carbocycles. The fourth-order valence-corrected chi connectivity index (χ4v) is 10.9. The first kappa shape index (κ1) is 42.1. The highest BCUT2D eigenvalue weighted by Crippen LogP contribution is 2.43. The summed E-state index contributed by atoms with van der Waals surface area (Å²) in [6, 6.07) is 81.7. The standard InChI is InChI=1S/C69H48N2/c1-4-16-46(17-5-1)40-57-42-58-41-55(37-39-61(58)62-25-13-12-24-59(57)62)56-44-66(50-30-28-49(29-31-50)64-43-54-23-11-10-18-47(54)36-38-60(64)48-19-6-2-7-20-48)70-67(45-56)51-32-34-52(35-33-51)68-63-26-14-15-27-65(63)71-69(68)53-21-8-3-9-22-53/h1-37,39,41-45,63H,38,40H2. The van der Waals surface area contributed by atoms with Crippen molar-refractivity contribution in [3.8, 4) is 33.6 Å². The molecule has 71 heavy (non-hydrogen) atoms. The quantitative estimate of drug-likeness (QED) is 0.133. The van der Waals surface area contributed by atoms with E-state index in [0.717, 1.165) is 69.0 Å². The van der Waals surface area contributed by atoms with E-state index in [1.807, 2.05) is 0 Å². The summed E-state index contributed by atoms with van der Waals surface area (Å²) in [5.74, 6) is 0.110. The van der Waals surface area contributed by atoms with Gasteiger partial charge in [-0.05, 0) is 131 Å². The minimum atomic E-state index is 0.110. The highest BCUT2D eigenvalue weighted by Gasteiger charge is 2.29. The van der Waals surface area contributed by atoms with E-state index < -0.39 is 0 Å². The van der Waals surface area contributed by atoms with Crippen LogP contribution in [0.25, 0.3) is 89.8 Å². The van der Waals surface area contributed by atoms with Gasteiger partial charge in [-0.25, -0.2) is 4.98 Å². The fourth-order valence-electron chi connectivity index (χ4n) is 10.9. The number of nitrogens with zero attached hydrogens (tertiary/aromatic N) is 2. The molecule has 0 saturated heterocycles. The van der Waals surface area contributed by atoms with Gasteiger partial charge in [-0.2, -0.15) is 0 Å². The minimum absolute atomic E-state index is 0.110. The highest BCUT2D eigenvalue weighted by atomic mass is 14.8. The van der Waals surface area contributed by atoms with Crippen molar-refractivity contribution in [1.82, 2.24) is 4.98 Å². The first-order valence-electron chi connectivity index (χ1n) is 24.7. The van der Waals surface area contributed by atoms with Crippen molar-refractivity contribution >= 4 is 61.8 Å². The van der Waals surface area contributed by atoms with Crippen molar-refractivity contribution in [2.45, 2.75) is 12.8 Å². The highest BCUT2D eigenvalue weighted by molar-refractivity contribution is 6.18. The van der Waals surface area contributed by atoms with Gasteiger partial charge in [0.2, 0.25) is 0 Å². The molecule has 2 nitrogen and oxygen atoms in total. The van der Waals surface area contributed by atoms with Crippen molar-refractivity contribution in [2.75, 3.05) is 0 Å². The van der Waals surface area contributed by atoms with Crippen molar-refractivity contribution in [1.29, 1.82) is 0 Å². The molecule has 1 atom stereocenters. The summed E-state index contributed by atoms with van der Waals surface area (Å²) < 4.78 is 0. The molecule has 1 aliphatic heterocycles. The van der Waals surface area contributed by atoms with Gasteiger partial charge in [0.05, 0.1) is 22.8 Å². The molecular weight excluding hydrogens is 857 g/mol. The lowest BCUT2D eigenvalue weighted by Gasteiger charge is -2.16. The summed E-state index contributed by atoms with van der Waals surface area (Å²) in [7, 11) is 0. The van der Waals surface area contributed by atoms with Crippen molar-refractivity contribution < 1.29 is 0 Å². The van der Waals surface area contributed by atoms with Gasteiger partial charge in [0.15, 0.2) is 0 Å². The van der Waals surface area contributed by atoms with Gasteiger partial charge in [0, 0.05) is 22.6 Å². The molecule has 3 aliphatic rings. The second kappa shape index (κ2) is 18.2. The minimum Gasteiger partial charge on any atom is -0.252 e. The van der Waals surface area contributed by atoms with Crippen LogP contribution in [0.15, 0.2) is 254 Å². The summed E-state index contributed by atoms with van der Waals surface area (Å²) in [4.78, 5) is 10.7. The van der Waals surface area contributed by atoms with E-state index >= 15 is 0 Å². The van der Waals surface area contributed by atoms with Gasteiger partial charge in [0.1, 0.15) is 0 Å². The second-order valence-corrected chi connectivity index (χ2v) is 18.8. The Bertz CT molecular complexity index is 3990. The predicted octanol–water partition coefficient (Wildman–Crippen LogP) is 15.6. The first-order valence-corrected chi connectivity index (χ1v) is 24.7. The second-order valence-electron chi connectivity index (χ2n) is 18.8. The maximum absolute atomic E-state index is 5.49. The zero-order valence-electron chi connectivity index (χ0n) is 39.2. The van der Waals surface area contributed by atoms with Gasteiger partial charge in [-0.3, -0.25) is 4.99 Å². The topological polar surface area (TPSA) is 25.2 Å². The summed E-state index contributed by atoms with van der Waals surface area (Å²) in [6.07, 6.45) is 15.1. The Morgan fingerprint density at radius 2 is 1.04 bits per heavy atom. The van der Waals surface area contributed by atoms with Crippen LogP contribution in [0.2, 0.25) is 0 Å². The number of fused-ring (bicyclic) bond motifs is 5. The lowest BCUT2D eigenvalue weighted by molar-refractivity contribution is 1.18. The average Bonchev–Trinajstić information content (AvgIpc) is 3.72. The zero-order chi connectivity index (χ0) is 47.1. The molecule has 10 aromatic rings. The maximum atomic E-state index is 5.49. The molecule has 0 amide bonds. The van der Waals surface area contributed by atoms with Crippen LogP contribution >= 0.6 is 0 Å². The lowest BCUT2D eigenvalue weighted by Crippen LogP contribution is -2.22. The number of rotatable bonds is 9. The first-order chi connectivity index (χ1) is 35.2. The third-order valence-electron chi connectivity index (χ3n) is 14.4. The Morgan fingerprint density at radius 3 is 1.77 bits per heavy atom. The van der Waals surface area contributed by atoms with Gasteiger partial charge < -0.3 is 0 Å². The number of benzene rings is 9. The summed E-state index contributed by atoms with van der Waals surface area (Å²) >= 11 is 0. The summed E-state index contributed by atoms with van der Waals surface area (Å²) in [5.41, 5.74) is 19.5. The summed E-state index contributed by atoms with van der Waals surface area (Å²) in [6.45, 7) is 0. The number of hydrogen-bond acceptors (Lipinski definition) is 2. The van der Waals surface area contributed by atoms with Gasteiger partial charge >= 0.3 is 0 Å². The van der Waals surface area contributed by atoms with E-state index in [4.69, 9.17) is 9.98 Å². The molecular formula is C69H48N2. The van der Waals surface area contributed by atoms with Gasteiger partial charge in [-0.15, -0.1) is 0 Å². The largest absolute Gasteiger partial charge is 0.252 e. The fraction of sp³-hybridized carbons (Fsp3) is 0.0435. The van der Waals surface area contributed by atoms with Crippen LogP contribution in [0.4, 0.5) is 0 Å². The molecule has 1 aromatic heterocycles. The number of aromatic nitrogens is 1. The van der Waals surface area contributed by atoms with E-state index in [0.29, 0.717) is 0 Å². The number of aliphatic imine (C=N–C) groups is 1. The molecule has 0 spiro atoms. The Kier molecular flexibility index (Phi) is 10.8. The number of hydrogen-bond donors (Lipinski definition) is 0. The van der Waals surface area contributed by atoms with Crippen LogP contribution in [0.3, 0.4) is 0 Å². The van der Waals surface area contributed by atoms with E-state index in [-0.39, 0.29) is 5.92 Å². The van der Waals surface area contributed by atoms with Crippen molar-refractivity contribution in [3.63, 3.8) is 0 Å². The van der Waals surface area contributed by atoms with Crippen LogP contribution < -0.4 is 10.4 Å². The van der Waals surface area contributed by atoms with Crippen LogP contribution in [0.5, 0.6) is 0 Å². The molecule has 0 radical (unpaired) electrons. The third-order valence-corrected chi connectivity index (χ3v) is 14.4. The Hall–Kier alpha value is -8.98. The monoisotopic (exact) mass is 904 g/mol. The van der Waals surface area contributed by atoms with E-state index in [9.17, 15) is 0 Å². The molecule has 0 bridgehead atoms. The Balaban J connectivity index is 0.938. The molecule has 0 fully saturated rings. The smallest absolute Gasteiger partial charge is 0.0753 e. The SMILES string of the molecule is C1=CC2=NC(c3ccccc3)=C(c3ccc(-c4cc(-c5ccc6c(c5)cc(Cc5ccccc5)c5ccccc56)cc(-c5ccc(C6=C(c7ccccc7)CC=c7ccccc7=C6)cc5)n4)cc3)C2C=C1. The number of allylic oxidation sites excluding steroid dienone is 7. The molecule has 2 heterocycles. The van der Waals surface area contributed by atoms with Gasteiger partial charge in [-0.1, -0.05) is 231 Å². The third kappa shape index (κ3) is 8.10.